The van der Waals surface area contributed by atoms with Gasteiger partial charge in [-0.15, -0.1) is 0 Å². The first-order chi connectivity index (χ1) is 16.7. The van der Waals surface area contributed by atoms with E-state index in [0.29, 0.717) is 32.5 Å². The molecule has 4 N–H and O–H groups in total. The second kappa shape index (κ2) is 10.5. The minimum atomic E-state index is -1.12. The van der Waals surface area contributed by atoms with Crippen LogP contribution in [0.5, 0.6) is 0 Å². The summed E-state index contributed by atoms with van der Waals surface area (Å²) in [5.74, 6) is -0.625. The summed E-state index contributed by atoms with van der Waals surface area (Å²) in [5.41, 5.74) is 7.34. The van der Waals surface area contributed by atoms with E-state index < -0.39 is 17.5 Å². The zero-order valence-electron chi connectivity index (χ0n) is 20.2. The predicted molar refractivity (Wildman–Crippen MR) is 134 cm³/mol. The first-order valence-electron chi connectivity index (χ1n) is 11.9. The highest BCUT2D eigenvalue weighted by atomic mass is 16.5. The molecule has 1 aliphatic rings. The topological polar surface area (TPSA) is 122 Å². The lowest BCUT2D eigenvalue weighted by molar-refractivity contribution is -0.140. The Kier molecular flexibility index (Phi) is 7.37. The molecule has 0 aliphatic carbocycles. The van der Waals surface area contributed by atoms with E-state index in [0.717, 1.165) is 16.6 Å². The van der Waals surface area contributed by atoms with Gasteiger partial charge in [-0.1, -0.05) is 42.5 Å². The standard InChI is InChI=1S/C26H33N5O4/c1-26(2,27)24(33)28-21(17-35-16-18-8-4-3-5-9-18)23(32)30-14-12-19(13-15-30)31-22-11-7-6-10-20(22)29-25(31)34/h3-11,19,21H,12-17,27H2,1-2H3,(H,28,33)(H,29,34)/t21-/m1/s1. The summed E-state index contributed by atoms with van der Waals surface area (Å²) in [6, 6.07) is 16.4. The summed E-state index contributed by atoms with van der Waals surface area (Å²) < 4.78 is 7.59. The summed E-state index contributed by atoms with van der Waals surface area (Å²) in [6.07, 6.45) is 1.28. The van der Waals surface area contributed by atoms with Gasteiger partial charge in [-0.25, -0.2) is 4.79 Å². The Labute approximate surface area is 204 Å². The average Bonchev–Trinajstić information content (AvgIpc) is 3.18. The largest absolute Gasteiger partial charge is 0.374 e. The van der Waals surface area contributed by atoms with Crippen LogP contribution in [-0.4, -0.2) is 57.5 Å². The van der Waals surface area contributed by atoms with Gasteiger partial charge in [0.05, 0.1) is 29.8 Å². The second-order valence-electron chi connectivity index (χ2n) is 9.62. The number of benzene rings is 2. The highest BCUT2D eigenvalue weighted by Gasteiger charge is 2.33. The molecule has 9 heteroatoms. The Bertz CT molecular complexity index is 1220. The summed E-state index contributed by atoms with van der Waals surface area (Å²) in [6.45, 7) is 4.52. The molecule has 1 aromatic heterocycles. The maximum absolute atomic E-state index is 13.4. The highest BCUT2D eigenvalue weighted by Crippen LogP contribution is 2.25. The van der Waals surface area contributed by atoms with Crippen LogP contribution < -0.4 is 16.7 Å². The number of nitrogens with two attached hydrogens (primary N) is 1. The van der Waals surface area contributed by atoms with Crippen molar-refractivity contribution in [1.29, 1.82) is 0 Å². The summed E-state index contributed by atoms with van der Waals surface area (Å²) in [4.78, 5) is 43.1. The van der Waals surface area contributed by atoms with Crippen molar-refractivity contribution in [3.8, 4) is 0 Å². The molecule has 1 aliphatic heterocycles. The lowest BCUT2D eigenvalue weighted by atomic mass is 10.0. The SMILES string of the molecule is CC(C)(N)C(=O)N[C@H](COCc1ccccc1)C(=O)N1CCC(n2c(=O)[nH]c3ccccc32)CC1. The summed E-state index contributed by atoms with van der Waals surface area (Å²) in [5, 5.41) is 2.77. The molecule has 0 bridgehead atoms. The van der Waals surface area contributed by atoms with Gasteiger partial charge in [0.25, 0.3) is 0 Å². The number of likely N-dealkylation sites (tertiary alicyclic amines) is 1. The zero-order chi connectivity index (χ0) is 25.0. The zero-order valence-corrected chi connectivity index (χ0v) is 20.2. The molecule has 2 heterocycles. The number of nitrogens with one attached hydrogen (secondary N) is 2. The van der Waals surface area contributed by atoms with Crippen LogP contribution in [0.4, 0.5) is 0 Å². The first-order valence-corrected chi connectivity index (χ1v) is 11.9. The molecule has 186 valence electrons. The molecule has 0 radical (unpaired) electrons. The molecule has 1 atom stereocenters. The monoisotopic (exact) mass is 479 g/mol. The van der Waals surface area contributed by atoms with Crippen molar-refractivity contribution in [3.63, 3.8) is 0 Å². The predicted octanol–water partition coefficient (Wildman–Crippen LogP) is 1.93. The molecule has 3 aromatic rings. The number of carbonyl (C=O) groups is 2. The minimum Gasteiger partial charge on any atom is -0.374 e. The van der Waals surface area contributed by atoms with Gasteiger partial charge in [-0.3, -0.25) is 14.2 Å². The molecule has 2 amide bonds. The number of imidazole rings is 1. The van der Waals surface area contributed by atoms with Crippen LogP contribution in [-0.2, 0) is 20.9 Å². The maximum Gasteiger partial charge on any atom is 0.326 e. The van der Waals surface area contributed by atoms with E-state index in [1.54, 1.807) is 23.3 Å². The molecule has 4 rings (SSSR count). The van der Waals surface area contributed by atoms with Gasteiger partial charge in [0.15, 0.2) is 0 Å². The van der Waals surface area contributed by atoms with Gasteiger partial charge in [-0.2, -0.15) is 0 Å². The Morgan fingerprint density at radius 3 is 2.46 bits per heavy atom. The van der Waals surface area contributed by atoms with Crippen LogP contribution in [0, 0.1) is 0 Å². The van der Waals surface area contributed by atoms with Crippen molar-refractivity contribution in [2.24, 2.45) is 5.73 Å². The highest BCUT2D eigenvalue weighted by molar-refractivity contribution is 5.91. The molecule has 35 heavy (non-hydrogen) atoms. The molecule has 1 fully saturated rings. The molecule has 0 unspecified atom stereocenters. The van der Waals surface area contributed by atoms with Gasteiger partial charge in [-0.05, 0) is 44.4 Å². The number of fused-ring (bicyclic) bond motifs is 1. The third-order valence-electron chi connectivity index (χ3n) is 6.35. The summed E-state index contributed by atoms with van der Waals surface area (Å²) in [7, 11) is 0. The van der Waals surface area contributed by atoms with Crippen molar-refractivity contribution in [2.45, 2.75) is 50.9 Å². The van der Waals surface area contributed by atoms with E-state index in [4.69, 9.17) is 10.5 Å². The molecule has 1 saturated heterocycles. The Hall–Kier alpha value is -3.43. The minimum absolute atomic E-state index is 0.00644. The van der Waals surface area contributed by atoms with Crippen LogP contribution in [0.25, 0.3) is 11.0 Å². The van der Waals surface area contributed by atoms with Crippen molar-refractivity contribution in [2.75, 3.05) is 19.7 Å². The second-order valence-corrected chi connectivity index (χ2v) is 9.62. The number of rotatable bonds is 8. The summed E-state index contributed by atoms with van der Waals surface area (Å²) >= 11 is 0. The number of hydrogen-bond acceptors (Lipinski definition) is 5. The van der Waals surface area contributed by atoms with Gasteiger partial charge in [0.1, 0.15) is 6.04 Å². The van der Waals surface area contributed by atoms with Crippen LogP contribution in [0.3, 0.4) is 0 Å². The van der Waals surface area contributed by atoms with Crippen LogP contribution in [0.2, 0.25) is 0 Å². The van der Waals surface area contributed by atoms with Crippen LogP contribution >= 0.6 is 0 Å². The van der Waals surface area contributed by atoms with E-state index in [2.05, 4.69) is 10.3 Å². The number of hydrogen-bond donors (Lipinski definition) is 3. The Balaban J connectivity index is 1.42. The fourth-order valence-electron chi connectivity index (χ4n) is 4.39. The van der Waals surface area contributed by atoms with Crippen LogP contribution in [0.15, 0.2) is 59.4 Å². The van der Waals surface area contributed by atoms with Gasteiger partial charge >= 0.3 is 5.69 Å². The van der Waals surface area contributed by atoms with Crippen molar-refractivity contribution in [3.05, 3.63) is 70.6 Å². The number of ether oxygens (including phenoxy) is 1. The van der Waals surface area contributed by atoms with Gasteiger partial charge in [0.2, 0.25) is 11.8 Å². The number of amides is 2. The number of aromatic nitrogens is 2. The third-order valence-corrected chi connectivity index (χ3v) is 6.35. The first kappa shape index (κ1) is 24.7. The molecular weight excluding hydrogens is 446 g/mol. The number of aromatic amines is 1. The lowest BCUT2D eigenvalue weighted by Crippen LogP contribution is -2.58. The maximum atomic E-state index is 13.4. The quantitative estimate of drug-likeness (QED) is 0.456. The number of carbonyl (C=O) groups excluding carboxylic acids is 2. The van der Waals surface area contributed by atoms with Gasteiger partial charge < -0.3 is 25.7 Å². The molecule has 9 nitrogen and oxygen atoms in total. The van der Waals surface area contributed by atoms with E-state index in [1.807, 2.05) is 54.6 Å². The molecule has 0 saturated carbocycles. The number of H-pyrrole nitrogens is 1. The van der Waals surface area contributed by atoms with Crippen molar-refractivity contribution in [1.82, 2.24) is 19.8 Å². The smallest absolute Gasteiger partial charge is 0.326 e. The third kappa shape index (κ3) is 5.80. The Morgan fingerprint density at radius 2 is 1.77 bits per heavy atom. The molecule has 2 aromatic carbocycles. The fraction of sp³-hybridized carbons (Fsp3) is 0.423. The average molecular weight is 480 g/mol. The van der Waals surface area contributed by atoms with E-state index in [1.165, 1.54) is 0 Å². The fourth-order valence-corrected chi connectivity index (χ4v) is 4.39. The number of para-hydroxylation sites is 2. The molecule has 0 spiro atoms. The van der Waals surface area contributed by atoms with Crippen LogP contribution in [0.1, 0.15) is 38.3 Å². The number of piperidine rings is 1. The van der Waals surface area contributed by atoms with E-state index >= 15 is 0 Å². The normalized spacial score (nSPS) is 15.8. The lowest BCUT2D eigenvalue weighted by Gasteiger charge is -2.35. The van der Waals surface area contributed by atoms with E-state index in [9.17, 15) is 14.4 Å². The van der Waals surface area contributed by atoms with Gasteiger partial charge in [0, 0.05) is 19.1 Å². The van der Waals surface area contributed by atoms with E-state index in [-0.39, 0.29) is 24.2 Å². The van der Waals surface area contributed by atoms with Crippen molar-refractivity contribution >= 4 is 22.8 Å². The number of nitrogens with zero attached hydrogens (tertiary/aromatic N) is 2. The molecular formula is C26H33N5O4. The Morgan fingerprint density at radius 1 is 1.11 bits per heavy atom. The van der Waals surface area contributed by atoms with Crippen molar-refractivity contribution < 1.29 is 14.3 Å².